The van der Waals surface area contributed by atoms with Gasteiger partial charge >= 0.3 is 5.97 Å². The molecule has 15 heavy (non-hydrogen) atoms. The van der Waals surface area contributed by atoms with E-state index in [0.29, 0.717) is 24.5 Å². The maximum absolute atomic E-state index is 11.4. The Morgan fingerprint density at radius 2 is 2.20 bits per heavy atom. The normalized spacial score (nSPS) is 36.0. The predicted octanol–water partition coefficient (Wildman–Crippen LogP) is 2.39. The van der Waals surface area contributed by atoms with Gasteiger partial charge in [0.15, 0.2) is 0 Å². The van der Waals surface area contributed by atoms with E-state index in [4.69, 9.17) is 5.11 Å². The van der Waals surface area contributed by atoms with Gasteiger partial charge in [-0.25, -0.2) is 0 Å². The first-order valence-electron chi connectivity index (χ1n) is 5.86. The van der Waals surface area contributed by atoms with Crippen LogP contribution < -0.4 is 0 Å². The number of hydrogen-bond acceptors (Lipinski definition) is 2. The Labute approximate surface area is 89.9 Å². The van der Waals surface area contributed by atoms with Crippen molar-refractivity contribution in [2.75, 3.05) is 0 Å². The summed E-state index contributed by atoms with van der Waals surface area (Å²) in [4.78, 5) is 22.3. The summed E-state index contributed by atoms with van der Waals surface area (Å²) in [7, 11) is 0. The maximum Gasteiger partial charge on any atom is 0.303 e. The summed E-state index contributed by atoms with van der Waals surface area (Å²) in [6, 6.07) is 0. The highest BCUT2D eigenvalue weighted by atomic mass is 16.4. The molecule has 2 saturated carbocycles. The molecule has 3 heteroatoms. The summed E-state index contributed by atoms with van der Waals surface area (Å²) in [6.07, 6.45) is 6.68. The zero-order valence-electron chi connectivity index (χ0n) is 9.00. The minimum absolute atomic E-state index is 0.0437. The van der Waals surface area contributed by atoms with Crippen molar-refractivity contribution in [2.45, 2.75) is 51.4 Å². The van der Waals surface area contributed by atoms with Crippen molar-refractivity contribution in [3.63, 3.8) is 0 Å². The Balaban J connectivity index is 2.16. The van der Waals surface area contributed by atoms with Crippen LogP contribution in [-0.2, 0) is 9.59 Å². The first kappa shape index (κ1) is 10.7. The number of Topliss-reactive ketones (excluding diaryl/α,β-unsaturated/α-hetero) is 1. The summed E-state index contributed by atoms with van der Waals surface area (Å²) in [5.74, 6) is -0.0113. The van der Waals surface area contributed by atoms with Gasteiger partial charge in [-0.15, -0.1) is 0 Å². The Morgan fingerprint density at radius 1 is 1.40 bits per heavy atom. The monoisotopic (exact) mass is 210 g/mol. The van der Waals surface area contributed by atoms with Crippen LogP contribution >= 0.6 is 0 Å². The fourth-order valence-corrected chi connectivity index (χ4v) is 3.41. The molecule has 2 atom stereocenters. The molecule has 3 nitrogen and oxygen atoms in total. The molecule has 0 aromatic heterocycles. The number of carboxylic acid groups (broad SMARTS) is 1. The van der Waals surface area contributed by atoms with Gasteiger partial charge in [-0.1, -0.05) is 12.8 Å². The molecule has 2 aliphatic rings. The van der Waals surface area contributed by atoms with E-state index < -0.39 is 5.97 Å². The standard InChI is InChI=1S/C12H18O3/c13-10-4-6-12(8-11(14)15)5-2-1-3-9(12)7-10/h9H,1-8H2,(H,14,15)/t9-,12+/m0/s1. The van der Waals surface area contributed by atoms with Crippen LogP contribution in [-0.4, -0.2) is 16.9 Å². The van der Waals surface area contributed by atoms with Gasteiger partial charge in [-0.2, -0.15) is 0 Å². The lowest BCUT2D eigenvalue weighted by Crippen LogP contribution is -2.40. The molecular formula is C12H18O3. The zero-order valence-corrected chi connectivity index (χ0v) is 9.00. The highest BCUT2D eigenvalue weighted by Gasteiger charge is 2.45. The number of aliphatic carboxylic acids is 1. The zero-order chi connectivity index (χ0) is 10.9. The first-order chi connectivity index (χ1) is 7.12. The molecular weight excluding hydrogens is 192 g/mol. The van der Waals surface area contributed by atoms with E-state index >= 15 is 0 Å². The lowest BCUT2D eigenvalue weighted by molar-refractivity contribution is -0.145. The van der Waals surface area contributed by atoms with Gasteiger partial charge in [0.1, 0.15) is 5.78 Å². The average molecular weight is 210 g/mol. The molecule has 0 saturated heterocycles. The second-order valence-corrected chi connectivity index (χ2v) is 5.12. The van der Waals surface area contributed by atoms with Gasteiger partial charge in [0.25, 0.3) is 0 Å². The first-order valence-corrected chi connectivity index (χ1v) is 5.86. The molecule has 0 bridgehead atoms. The lowest BCUT2D eigenvalue weighted by Gasteiger charge is -2.46. The van der Waals surface area contributed by atoms with Crippen LogP contribution in [0.1, 0.15) is 51.4 Å². The van der Waals surface area contributed by atoms with E-state index in [9.17, 15) is 9.59 Å². The predicted molar refractivity (Wildman–Crippen MR) is 55.5 cm³/mol. The van der Waals surface area contributed by atoms with Crippen LogP contribution in [0.2, 0.25) is 0 Å². The second kappa shape index (κ2) is 3.95. The number of hydrogen-bond donors (Lipinski definition) is 1. The summed E-state index contributed by atoms with van der Waals surface area (Å²) in [6.45, 7) is 0. The van der Waals surface area contributed by atoms with E-state index in [-0.39, 0.29) is 11.8 Å². The van der Waals surface area contributed by atoms with Gasteiger partial charge in [0, 0.05) is 12.8 Å². The number of rotatable bonds is 2. The van der Waals surface area contributed by atoms with Crippen molar-refractivity contribution >= 4 is 11.8 Å². The van der Waals surface area contributed by atoms with E-state index in [1.807, 2.05) is 0 Å². The molecule has 2 fully saturated rings. The quantitative estimate of drug-likeness (QED) is 0.761. The molecule has 0 aromatic rings. The minimum Gasteiger partial charge on any atom is -0.481 e. The molecule has 0 aliphatic heterocycles. The Bertz CT molecular complexity index is 285. The molecule has 0 heterocycles. The van der Waals surface area contributed by atoms with Crippen molar-refractivity contribution in [1.29, 1.82) is 0 Å². The third-order valence-electron chi connectivity index (χ3n) is 4.22. The van der Waals surface area contributed by atoms with E-state index in [1.54, 1.807) is 0 Å². The van der Waals surface area contributed by atoms with Gasteiger partial charge in [0.2, 0.25) is 0 Å². The van der Waals surface area contributed by atoms with Crippen LogP contribution in [0.15, 0.2) is 0 Å². The van der Waals surface area contributed by atoms with Gasteiger partial charge in [0.05, 0.1) is 6.42 Å². The molecule has 0 amide bonds. The van der Waals surface area contributed by atoms with E-state index in [2.05, 4.69) is 0 Å². The number of carbonyl (C=O) groups is 2. The third-order valence-corrected chi connectivity index (χ3v) is 4.22. The highest BCUT2D eigenvalue weighted by molar-refractivity contribution is 5.80. The molecule has 0 aromatic carbocycles. The molecule has 2 rings (SSSR count). The Kier molecular flexibility index (Phi) is 2.81. The van der Waals surface area contributed by atoms with Crippen LogP contribution in [0, 0.1) is 11.3 Å². The number of carbonyl (C=O) groups excluding carboxylic acids is 1. The number of fused-ring (bicyclic) bond motifs is 1. The van der Waals surface area contributed by atoms with Crippen molar-refractivity contribution in [2.24, 2.45) is 11.3 Å². The Hall–Kier alpha value is -0.860. The smallest absolute Gasteiger partial charge is 0.303 e. The van der Waals surface area contributed by atoms with Crippen LogP contribution in [0.25, 0.3) is 0 Å². The molecule has 2 aliphatic carbocycles. The highest BCUT2D eigenvalue weighted by Crippen LogP contribution is 2.51. The molecule has 1 N–H and O–H groups in total. The molecule has 0 unspecified atom stereocenters. The third kappa shape index (κ3) is 2.06. The van der Waals surface area contributed by atoms with Crippen LogP contribution in [0.3, 0.4) is 0 Å². The minimum atomic E-state index is -0.698. The molecule has 0 radical (unpaired) electrons. The lowest BCUT2D eigenvalue weighted by atomic mass is 9.58. The van der Waals surface area contributed by atoms with Crippen molar-refractivity contribution in [3.05, 3.63) is 0 Å². The SMILES string of the molecule is O=C(O)C[C@]12CCCC[C@H]1CC(=O)CC2. The van der Waals surface area contributed by atoms with Crippen molar-refractivity contribution in [1.82, 2.24) is 0 Å². The fourth-order valence-electron chi connectivity index (χ4n) is 3.41. The van der Waals surface area contributed by atoms with Crippen molar-refractivity contribution < 1.29 is 14.7 Å². The topological polar surface area (TPSA) is 54.4 Å². The summed E-state index contributed by atoms with van der Waals surface area (Å²) < 4.78 is 0. The van der Waals surface area contributed by atoms with Gasteiger partial charge in [-0.05, 0) is 30.6 Å². The fraction of sp³-hybridized carbons (Fsp3) is 0.833. The van der Waals surface area contributed by atoms with Crippen LogP contribution in [0.4, 0.5) is 0 Å². The summed E-state index contributed by atoms with van der Waals surface area (Å²) in [5.41, 5.74) is -0.0437. The van der Waals surface area contributed by atoms with E-state index in [1.165, 1.54) is 6.42 Å². The molecule has 0 spiro atoms. The maximum atomic E-state index is 11.4. The van der Waals surface area contributed by atoms with Crippen LogP contribution in [0.5, 0.6) is 0 Å². The van der Waals surface area contributed by atoms with E-state index in [0.717, 1.165) is 25.7 Å². The largest absolute Gasteiger partial charge is 0.481 e. The summed E-state index contributed by atoms with van der Waals surface area (Å²) in [5, 5.41) is 8.98. The van der Waals surface area contributed by atoms with Crippen molar-refractivity contribution in [3.8, 4) is 0 Å². The molecule has 84 valence electrons. The number of carboxylic acids is 1. The second-order valence-electron chi connectivity index (χ2n) is 5.12. The van der Waals surface area contributed by atoms with Gasteiger partial charge < -0.3 is 5.11 Å². The summed E-state index contributed by atoms with van der Waals surface area (Å²) >= 11 is 0. The Morgan fingerprint density at radius 3 is 2.93 bits per heavy atom. The van der Waals surface area contributed by atoms with Gasteiger partial charge in [-0.3, -0.25) is 9.59 Å². The average Bonchev–Trinajstić information content (AvgIpc) is 2.17. The number of ketones is 1.